The van der Waals surface area contributed by atoms with Crippen molar-refractivity contribution in [3.8, 4) is 22.9 Å². The van der Waals surface area contributed by atoms with Gasteiger partial charge in [0, 0.05) is 12.2 Å². The van der Waals surface area contributed by atoms with E-state index in [-0.39, 0.29) is 11.5 Å². The SMILES string of the molecule is Oc1ccc(O)c(-c2nc3cnccc3n2C2CC2)c1. The van der Waals surface area contributed by atoms with E-state index in [2.05, 4.69) is 14.5 Å². The summed E-state index contributed by atoms with van der Waals surface area (Å²) in [6, 6.07) is 6.84. The van der Waals surface area contributed by atoms with Gasteiger partial charge in [-0.1, -0.05) is 0 Å². The van der Waals surface area contributed by atoms with Crippen molar-refractivity contribution in [2.24, 2.45) is 0 Å². The Bertz CT molecular complexity index is 806. The molecule has 4 rings (SSSR count). The minimum absolute atomic E-state index is 0.116. The molecule has 0 saturated heterocycles. The summed E-state index contributed by atoms with van der Waals surface area (Å²) in [5.41, 5.74) is 2.37. The lowest BCUT2D eigenvalue weighted by Gasteiger charge is -2.09. The second-order valence-corrected chi connectivity index (χ2v) is 5.10. The van der Waals surface area contributed by atoms with E-state index in [4.69, 9.17) is 0 Å². The molecule has 100 valence electrons. The van der Waals surface area contributed by atoms with Crippen molar-refractivity contribution in [1.29, 1.82) is 0 Å². The van der Waals surface area contributed by atoms with Gasteiger partial charge in [0.2, 0.25) is 0 Å². The van der Waals surface area contributed by atoms with E-state index in [9.17, 15) is 10.2 Å². The van der Waals surface area contributed by atoms with Crippen molar-refractivity contribution in [2.45, 2.75) is 18.9 Å². The molecular weight excluding hydrogens is 254 g/mol. The molecule has 1 saturated carbocycles. The third-order valence-corrected chi connectivity index (χ3v) is 3.62. The lowest BCUT2D eigenvalue weighted by molar-refractivity contribution is 0.461. The summed E-state index contributed by atoms with van der Waals surface area (Å²) in [4.78, 5) is 8.67. The first-order valence-electron chi connectivity index (χ1n) is 6.58. The van der Waals surface area contributed by atoms with Gasteiger partial charge >= 0.3 is 0 Å². The van der Waals surface area contributed by atoms with E-state index in [0.717, 1.165) is 23.9 Å². The van der Waals surface area contributed by atoms with Crippen molar-refractivity contribution in [2.75, 3.05) is 0 Å². The Labute approximate surface area is 115 Å². The van der Waals surface area contributed by atoms with Gasteiger partial charge in [-0.15, -0.1) is 0 Å². The molecule has 2 aromatic heterocycles. The minimum Gasteiger partial charge on any atom is -0.508 e. The van der Waals surface area contributed by atoms with Crippen LogP contribution in [0.25, 0.3) is 22.4 Å². The van der Waals surface area contributed by atoms with Crippen molar-refractivity contribution >= 4 is 11.0 Å². The first-order valence-corrected chi connectivity index (χ1v) is 6.58. The first-order chi connectivity index (χ1) is 9.74. The highest BCUT2D eigenvalue weighted by Crippen LogP contribution is 2.43. The zero-order chi connectivity index (χ0) is 13.7. The van der Waals surface area contributed by atoms with Crippen molar-refractivity contribution < 1.29 is 10.2 Å². The Balaban J connectivity index is 2.03. The topological polar surface area (TPSA) is 71.2 Å². The van der Waals surface area contributed by atoms with Crippen LogP contribution in [0.4, 0.5) is 0 Å². The van der Waals surface area contributed by atoms with Gasteiger partial charge in [-0.3, -0.25) is 4.98 Å². The Kier molecular flexibility index (Phi) is 2.24. The number of rotatable bonds is 2. The number of phenols is 2. The Morgan fingerprint density at radius 3 is 2.80 bits per heavy atom. The van der Waals surface area contributed by atoms with Crippen LogP contribution in [0.1, 0.15) is 18.9 Å². The number of hydrogen-bond acceptors (Lipinski definition) is 4. The van der Waals surface area contributed by atoms with Crippen LogP contribution >= 0.6 is 0 Å². The molecule has 0 bridgehead atoms. The molecule has 2 N–H and O–H groups in total. The largest absolute Gasteiger partial charge is 0.508 e. The Morgan fingerprint density at radius 2 is 2.00 bits per heavy atom. The van der Waals surface area contributed by atoms with Crippen molar-refractivity contribution in [3.63, 3.8) is 0 Å². The van der Waals surface area contributed by atoms with Crippen LogP contribution in [0.3, 0.4) is 0 Å². The number of benzene rings is 1. The fourth-order valence-corrected chi connectivity index (χ4v) is 2.55. The van der Waals surface area contributed by atoms with Crippen molar-refractivity contribution in [1.82, 2.24) is 14.5 Å². The maximum Gasteiger partial charge on any atom is 0.145 e. The van der Waals surface area contributed by atoms with Crippen LogP contribution in [0, 0.1) is 0 Å². The fraction of sp³-hybridized carbons (Fsp3) is 0.200. The summed E-state index contributed by atoms with van der Waals surface area (Å²) in [6.45, 7) is 0. The number of phenolic OH excluding ortho intramolecular Hbond substituents is 2. The summed E-state index contributed by atoms with van der Waals surface area (Å²) in [6.07, 6.45) is 5.69. The van der Waals surface area contributed by atoms with E-state index in [1.165, 1.54) is 12.1 Å². The normalized spacial score (nSPS) is 14.8. The van der Waals surface area contributed by atoms with Gasteiger partial charge in [0.1, 0.15) is 22.8 Å². The third-order valence-electron chi connectivity index (χ3n) is 3.62. The average Bonchev–Trinajstić information content (AvgIpc) is 3.21. The summed E-state index contributed by atoms with van der Waals surface area (Å²) < 4.78 is 2.13. The van der Waals surface area contributed by atoms with Gasteiger partial charge in [-0.25, -0.2) is 4.98 Å². The minimum atomic E-state index is 0.116. The number of aromatic nitrogens is 3. The quantitative estimate of drug-likeness (QED) is 0.700. The zero-order valence-corrected chi connectivity index (χ0v) is 10.7. The summed E-state index contributed by atoms with van der Waals surface area (Å²) in [5, 5.41) is 19.7. The number of hydrogen-bond donors (Lipinski definition) is 2. The highest BCUT2D eigenvalue weighted by Gasteiger charge is 2.29. The molecule has 0 spiro atoms. The zero-order valence-electron chi connectivity index (χ0n) is 10.7. The van der Waals surface area contributed by atoms with Gasteiger partial charge in [-0.05, 0) is 37.1 Å². The van der Waals surface area contributed by atoms with Crippen molar-refractivity contribution in [3.05, 3.63) is 36.7 Å². The molecule has 0 atom stereocenters. The molecule has 1 aromatic carbocycles. The molecule has 5 heteroatoms. The van der Waals surface area contributed by atoms with E-state index in [1.807, 2.05) is 6.07 Å². The molecule has 0 radical (unpaired) electrons. The smallest absolute Gasteiger partial charge is 0.145 e. The maximum atomic E-state index is 10.1. The lowest BCUT2D eigenvalue weighted by Crippen LogP contribution is -1.97. The summed E-state index contributed by atoms with van der Waals surface area (Å²) in [7, 11) is 0. The van der Waals surface area contributed by atoms with E-state index in [1.54, 1.807) is 18.5 Å². The number of aromatic hydroxyl groups is 2. The Morgan fingerprint density at radius 1 is 1.15 bits per heavy atom. The standard InChI is InChI=1S/C15H13N3O2/c19-10-3-4-14(20)11(7-10)15-17-12-8-16-6-5-13(12)18(15)9-1-2-9/h3-9,19-20H,1-2H2. The molecule has 5 nitrogen and oxygen atoms in total. The second-order valence-electron chi connectivity index (χ2n) is 5.10. The molecule has 3 aromatic rings. The van der Waals surface area contributed by atoms with Gasteiger partial charge in [0.15, 0.2) is 0 Å². The van der Waals surface area contributed by atoms with Gasteiger partial charge < -0.3 is 14.8 Å². The molecule has 0 amide bonds. The maximum absolute atomic E-state index is 10.1. The first kappa shape index (κ1) is 11.3. The number of nitrogens with zero attached hydrogens (tertiary/aromatic N) is 3. The Hall–Kier alpha value is -2.56. The highest BCUT2D eigenvalue weighted by molar-refractivity contribution is 5.81. The molecule has 2 heterocycles. The van der Waals surface area contributed by atoms with Crippen LogP contribution < -0.4 is 0 Å². The monoisotopic (exact) mass is 267 g/mol. The molecule has 0 unspecified atom stereocenters. The van der Waals surface area contributed by atoms with Crippen LogP contribution in [0.15, 0.2) is 36.7 Å². The predicted molar refractivity (Wildman–Crippen MR) is 74.6 cm³/mol. The number of imidazole rings is 1. The fourth-order valence-electron chi connectivity index (χ4n) is 2.55. The van der Waals surface area contributed by atoms with Crippen LogP contribution in [0.2, 0.25) is 0 Å². The highest BCUT2D eigenvalue weighted by atomic mass is 16.3. The molecule has 20 heavy (non-hydrogen) atoms. The predicted octanol–water partition coefficient (Wildman–Crippen LogP) is 2.84. The van der Waals surface area contributed by atoms with Gasteiger partial charge in [0.25, 0.3) is 0 Å². The summed E-state index contributed by atoms with van der Waals surface area (Å²) in [5.74, 6) is 0.919. The third kappa shape index (κ3) is 1.63. The average molecular weight is 267 g/mol. The van der Waals surface area contributed by atoms with E-state index < -0.39 is 0 Å². The lowest BCUT2D eigenvalue weighted by atomic mass is 10.1. The van der Waals surface area contributed by atoms with Gasteiger partial charge in [-0.2, -0.15) is 0 Å². The van der Waals surface area contributed by atoms with E-state index in [0.29, 0.717) is 17.4 Å². The van der Waals surface area contributed by atoms with E-state index >= 15 is 0 Å². The molecule has 1 aliphatic rings. The summed E-state index contributed by atoms with van der Waals surface area (Å²) >= 11 is 0. The molecule has 1 aliphatic carbocycles. The number of fused-ring (bicyclic) bond motifs is 1. The molecular formula is C15H13N3O2. The van der Waals surface area contributed by atoms with Crippen LogP contribution in [0.5, 0.6) is 11.5 Å². The molecule has 0 aliphatic heterocycles. The number of pyridine rings is 1. The van der Waals surface area contributed by atoms with Gasteiger partial charge in [0.05, 0.1) is 17.3 Å². The molecule has 1 fully saturated rings. The second kappa shape index (κ2) is 3.96. The van der Waals surface area contributed by atoms with Crippen LogP contribution in [-0.4, -0.2) is 24.7 Å². The van der Waals surface area contributed by atoms with Crippen LogP contribution in [-0.2, 0) is 0 Å².